The molecular formula is C13H10N2O2. The fourth-order valence-corrected chi connectivity index (χ4v) is 1.48. The lowest BCUT2D eigenvalue weighted by atomic mass is 10.1. The zero-order valence-corrected chi connectivity index (χ0v) is 9.04. The normalized spacial score (nSPS) is 9.88. The minimum atomic E-state index is -0.509. The second-order valence-corrected chi connectivity index (χ2v) is 3.49. The van der Waals surface area contributed by atoms with Crippen molar-refractivity contribution in [2.75, 3.05) is 0 Å². The van der Waals surface area contributed by atoms with Crippen LogP contribution < -0.4 is 0 Å². The lowest BCUT2D eigenvalue weighted by Gasteiger charge is -2.00. The van der Waals surface area contributed by atoms with Gasteiger partial charge >= 0.3 is 5.82 Å². The highest BCUT2D eigenvalue weighted by Gasteiger charge is 2.07. The molecule has 0 radical (unpaired) electrons. The van der Waals surface area contributed by atoms with Gasteiger partial charge in [0.05, 0.1) is 0 Å². The second kappa shape index (κ2) is 4.57. The van der Waals surface area contributed by atoms with E-state index in [4.69, 9.17) is 0 Å². The Balaban J connectivity index is 2.32. The molecule has 1 heterocycles. The van der Waals surface area contributed by atoms with E-state index < -0.39 is 4.92 Å². The van der Waals surface area contributed by atoms with Gasteiger partial charge in [0, 0.05) is 11.6 Å². The summed E-state index contributed by atoms with van der Waals surface area (Å²) >= 11 is 0. The van der Waals surface area contributed by atoms with Crippen LogP contribution >= 0.6 is 0 Å². The smallest absolute Gasteiger partial charge is 0.358 e. The number of pyridine rings is 1. The van der Waals surface area contributed by atoms with Crippen molar-refractivity contribution < 1.29 is 4.92 Å². The van der Waals surface area contributed by atoms with E-state index in [1.165, 1.54) is 12.3 Å². The Morgan fingerprint density at radius 3 is 2.24 bits per heavy atom. The van der Waals surface area contributed by atoms with Crippen LogP contribution in [0.3, 0.4) is 0 Å². The van der Waals surface area contributed by atoms with Crippen molar-refractivity contribution in [2.24, 2.45) is 0 Å². The number of nitrogens with zero attached hydrogens (tertiary/aromatic N) is 2. The summed E-state index contributed by atoms with van der Waals surface area (Å²) in [5.74, 6) is -0.142. The highest BCUT2D eigenvalue weighted by molar-refractivity contribution is 5.65. The van der Waals surface area contributed by atoms with Gasteiger partial charge in [0.15, 0.2) is 0 Å². The molecule has 1 aromatic carbocycles. The van der Waals surface area contributed by atoms with Gasteiger partial charge in [-0.15, -0.1) is 0 Å². The predicted molar refractivity (Wildman–Crippen MR) is 66.4 cm³/mol. The van der Waals surface area contributed by atoms with Crippen LogP contribution in [-0.4, -0.2) is 9.91 Å². The van der Waals surface area contributed by atoms with Gasteiger partial charge < -0.3 is 10.1 Å². The molecule has 0 unspecified atom stereocenters. The molecule has 0 fully saturated rings. The summed E-state index contributed by atoms with van der Waals surface area (Å²) < 4.78 is 0. The van der Waals surface area contributed by atoms with Crippen LogP contribution in [0, 0.1) is 10.1 Å². The van der Waals surface area contributed by atoms with Gasteiger partial charge in [-0.2, -0.15) is 0 Å². The topological polar surface area (TPSA) is 56.0 Å². The van der Waals surface area contributed by atoms with E-state index in [1.807, 2.05) is 24.3 Å². The third-order valence-electron chi connectivity index (χ3n) is 2.41. The Bertz CT molecular complexity index is 545. The molecule has 17 heavy (non-hydrogen) atoms. The van der Waals surface area contributed by atoms with Gasteiger partial charge in [-0.25, -0.2) is 0 Å². The number of rotatable bonds is 3. The van der Waals surface area contributed by atoms with E-state index in [1.54, 1.807) is 12.1 Å². The molecule has 0 saturated heterocycles. The Morgan fingerprint density at radius 2 is 1.76 bits per heavy atom. The molecule has 0 N–H and O–H groups in total. The van der Waals surface area contributed by atoms with Crippen LogP contribution in [0.2, 0.25) is 0 Å². The summed E-state index contributed by atoms with van der Waals surface area (Å²) in [6.07, 6.45) is 3.26. The van der Waals surface area contributed by atoms with Gasteiger partial charge in [0.2, 0.25) is 0 Å². The molecule has 0 spiro atoms. The van der Waals surface area contributed by atoms with E-state index in [-0.39, 0.29) is 5.82 Å². The molecule has 84 valence electrons. The minimum Gasteiger partial charge on any atom is -0.358 e. The molecule has 0 aliphatic rings. The van der Waals surface area contributed by atoms with E-state index in [9.17, 15) is 10.1 Å². The molecule has 2 rings (SSSR count). The van der Waals surface area contributed by atoms with E-state index >= 15 is 0 Å². The first-order valence-electron chi connectivity index (χ1n) is 5.04. The van der Waals surface area contributed by atoms with Crippen molar-refractivity contribution in [3.8, 4) is 11.1 Å². The van der Waals surface area contributed by atoms with Gasteiger partial charge in [-0.05, 0) is 27.1 Å². The Labute approximate surface area is 98.4 Å². The van der Waals surface area contributed by atoms with Crippen LogP contribution in [-0.2, 0) is 0 Å². The number of benzene rings is 1. The number of nitro groups is 1. The molecule has 0 bridgehead atoms. The Morgan fingerprint density at radius 1 is 1.12 bits per heavy atom. The van der Waals surface area contributed by atoms with Crippen molar-refractivity contribution in [3.05, 3.63) is 64.9 Å². The molecule has 0 saturated carbocycles. The summed E-state index contributed by atoms with van der Waals surface area (Å²) in [5, 5.41) is 10.5. The maximum absolute atomic E-state index is 10.5. The Hall–Kier alpha value is -2.49. The fraction of sp³-hybridized carbons (Fsp3) is 0. The van der Waals surface area contributed by atoms with Crippen molar-refractivity contribution in [3.63, 3.8) is 0 Å². The standard InChI is InChI=1S/C13H10N2O2/c1-2-10-3-5-11(6-4-10)12-7-8-13(14-9-12)15(16)17/h2-9H,1H2. The highest BCUT2D eigenvalue weighted by atomic mass is 16.6. The molecule has 4 nitrogen and oxygen atoms in total. The summed E-state index contributed by atoms with van der Waals surface area (Å²) in [7, 11) is 0. The second-order valence-electron chi connectivity index (χ2n) is 3.49. The zero-order chi connectivity index (χ0) is 12.3. The third-order valence-corrected chi connectivity index (χ3v) is 2.41. The summed E-state index contributed by atoms with van der Waals surface area (Å²) in [6, 6.07) is 10.8. The van der Waals surface area contributed by atoms with Crippen LogP contribution in [0.15, 0.2) is 49.2 Å². The van der Waals surface area contributed by atoms with Crippen LogP contribution in [0.5, 0.6) is 0 Å². The van der Waals surface area contributed by atoms with Crippen molar-refractivity contribution in [2.45, 2.75) is 0 Å². The van der Waals surface area contributed by atoms with E-state index in [0.29, 0.717) is 0 Å². The van der Waals surface area contributed by atoms with Gasteiger partial charge in [-0.3, -0.25) is 0 Å². The van der Waals surface area contributed by atoms with E-state index in [0.717, 1.165) is 16.7 Å². The molecule has 0 amide bonds. The molecule has 4 heteroatoms. The van der Waals surface area contributed by atoms with Gasteiger partial charge in [-0.1, -0.05) is 36.9 Å². The third kappa shape index (κ3) is 2.36. The van der Waals surface area contributed by atoms with Gasteiger partial charge in [0.25, 0.3) is 0 Å². The summed E-state index contributed by atoms with van der Waals surface area (Å²) in [4.78, 5) is 13.7. The maximum atomic E-state index is 10.5. The van der Waals surface area contributed by atoms with Crippen LogP contribution in [0.25, 0.3) is 17.2 Å². The first-order valence-corrected chi connectivity index (χ1v) is 5.04. The zero-order valence-electron chi connectivity index (χ0n) is 9.04. The minimum absolute atomic E-state index is 0.142. The largest absolute Gasteiger partial charge is 0.363 e. The molecule has 0 aliphatic heterocycles. The molecule has 2 aromatic rings. The predicted octanol–water partition coefficient (Wildman–Crippen LogP) is 3.30. The number of hydrogen-bond acceptors (Lipinski definition) is 3. The SMILES string of the molecule is C=Cc1ccc(-c2ccc([N+](=O)[O-])nc2)cc1. The quantitative estimate of drug-likeness (QED) is 0.596. The highest BCUT2D eigenvalue weighted by Crippen LogP contribution is 2.20. The summed E-state index contributed by atoms with van der Waals surface area (Å²) in [5.41, 5.74) is 2.85. The lowest BCUT2D eigenvalue weighted by molar-refractivity contribution is -0.389. The molecule has 1 aromatic heterocycles. The summed E-state index contributed by atoms with van der Waals surface area (Å²) in [6.45, 7) is 3.68. The van der Waals surface area contributed by atoms with Crippen molar-refractivity contribution >= 4 is 11.9 Å². The number of hydrogen-bond donors (Lipinski definition) is 0. The molecular weight excluding hydrogens is 216 g/mol. The monoisotopic (exact) mass is 226 g/mol. The van der Waals surface area contributed by atoms with E-state index in [2.05, 4.69) is 11.6 Å². The average molecular weight is 226 g/mol. The number of aromatic nitrogens is 1. The van der Waals surface area contributed by atoms with Crippen LogP contribution in [0.1, 0.15) is 5.56 Å². The first kappa shape index (κ1) is 11.0. The Kier molecular flexibility index (Phi) is 2.96. The van der Waals surface area contributed by atoms with Crippen molar-refractivity contribution in [1.82, 2.24) is 4.98 Å². The molecule has 0 atom stereocenters. The molecule has 0 aliphatic carbocycles. The van der Waals surface area contributed by atoms with Crippen molar-refractivity contribution in [1.29, 1.82) is 0 Å². The first-order chi connectivity index (χ1) is 8.20. The van der Waals surface area contributed by atoms with Gasteiger partial charge in [0.1, 0.15) is 6.20 Å². The lowest BCUT2D eigenvalue weighted by Crippen LogP contribution is -1.91. The maximum Gasteiger partial charge on any atom is 0.363 e. The van der Waals surface area contributed by atoms with Crippen LogP contribution in [0.4, 0.5) is 5.82 Å². The fourth-order valence-electron chi connectivity index (χ4n) is 1.48. The average Bonchev–Trinajstić information content (AvgIpc) is 2.39.